The van der Waals surface area contributed by atoms with Crippen LogP contribution in [0.1, 0.15) is 54.6 Å². The Morgan fingerprint density at radius 2 is 2.10 bits per heavy atom. The second kappa shape index (κ2) is 8.37. The van der Waals surface area contributed by atoms with Crippen molar-refractivity contribution in [3.63, 3.8) is 0 Å². The molecule has 0 saturated carbocycles. The van der Waals surface area contributed by atoms with Crippen LogP contribution in [0.4, 0.5) is 0 Å². The number of aromatic amines is 1. The van der Waals surface area contributed by atoms with Crippen molar-refractivity contribution < 1.29 is 9.53 Å². The molecule has 152 valence electrons. The Balaban J connectivity index is 1.37. The summed E-state index contributed by atoms with van der Waals surface area (Å²) in [6.07, 6.45) is 3.81. The predicted octanol–water partition coefficient (Wildman–Crippen LogP) is 3.68. The van der Waals surface area contributed by atoms with Crippen molar-refractivity contribution in [1.29, 1.82) is 0 Å². The third kappa shape index (κ3) is 4.19. The summed E-state index contributed by atoms with van der Waals surface area (Å²) in [5.41, 5.74) is 2.11. The molecule has 29 heavy (non-hydrogen) atoms. The molecule has 2 heterocycles. The highest BCUT2D eigenvalue weighted by Gasteiger charge is 2.21. The van der Waals surface area contributed by atoms with Crippen molar-refractivity contribution in [2.45, 2.75) is 52.0 Å². The molecule has 0 unspecified atom stereocenters. The molecule has 2 aromatic heterocycles. The highest BCUT2D eigenvalue weighted by atomic mass is 32.1. The lowest BCUT2D eigenvalue weighted by Gasteiger charge is -2.15. The number of amides is 1. The minimum Gasteiger partial charge on any atom is -0.494 e. The van der Waals surface area contributed by atoms with E-state index in [4.69, 9.17) is 4.74 Å². The number of carbonyl (C=O) groups excluding carboxylic acids is 1. The van der Waals surface area contributed by atoms with Gasteiger partial charge in [0.1, 0.15) is 16.4 Å². The smallest absolute Gasteiger partial charge is 0.259 e. The Hall–Kier alpha value is -2.67. The molecule has 3 aromatic rings. The van der Waals surface area contributed by atoms with Crippen LogP contribution in [0.25, 0.3) is 10.2 Å². The normalized spacial score (nSPS) is 14.0. The number of rotatable bonds is 7. The van der Waals surface area contributed by atoms with Gasteiger partial charge in [0.25, 0.3) is 5.56 Å². The van der Waals surface area contributed by atoms with Crippen LogP contribution in [0.2, 0.25) is 0 Å². The topological polar surface area (TPSA) is 84.1 Å². The molecule has 0 radical (unpaired) electrons. The molecule has 7 heteroatoms. The molecule has 1 amide bonds. The van der Waals surface area contributed by atoms with Gasteiger partial charge in [-0.25, -0.2) is 4.98 Å². The van der Waals surface area contributed by atoms with Crippen molar-refractivity contribution in [2.24, 2.45) is 0 Å². The summed E-state index contributed by atoms with van der Waals surface area (Å²) in [5.74, 6) is 1.33. The number of thiophene rings is 1. The standard InChI is InChI=1S/C22H25N3O3S/c1-3-28-15-9-7-14(8-10-15)13(2)23-19(26)12-11-18-24-21(27)20-16-5-4-6-17(16)29-22(20)25-18/h7-10,13H,3-6,11-12H2,1-2H3,(H,23,26)(H,24,25,27)/t13-/m1/s1. The van der Waals surface area contributed by atoms with Gasteiger partial charge in [0.15, 0.2) is 0 Å². The third-order valence-electron chi connectivity index (χ3n) is 5.28. The second-order valence-corrected chi connectivity index (χ2v) is 8.42. The zero-order valence-electron chi connectivity index (χ0n) is 16.7. The van der Waals surface area contributed by atoms with Gasteiger partial charge in [0, 0.05) is 17.7 Å². The van der Waals surface area contributed by atoms with Crippen molar-refractivity contribution >= 4 is 27.5 Å². The number of carbonyl (C=O) groups is 1. The molecule has 1 aliphatic rings. The second-order valence-electron chi connectivity index (χ2n) is 7.34. The first kappa shape index (κ1) is 19.6. The summed E-state index contributed by atoms with van der Waals surface area (Å²) >= 11 is 1.62. The summed E-state index contributed by atoms with van der Waals surface area (Å²) in [7, 11) is 0. The minimum absolute atomic E-state index is 0.0668. The van der Waals surface area contributed by atoms with Crippen LogP contribution in [0.3, 0.4) is 0 Å². The van der Waals surface area contributed by atoms with Crippen molar-refractivity contribution in [3.8, 4) is 5.75 Å². The monoisotopic (exact) mass is 411 g/mol. The Labute approximate surface area is 173 Å². The number of hydrogen-bond donors (Lipinski definition) is 2. The number of aryl methyl sites for hydroxylation is 3. The first-order valence-electron chi connectivity index (χ1n) is 10.1. The van der Waals surface area contributed by atoms with Gasteiger partial charge < -0.3 is 15.0 Å². The fourth-order valence-electron chi connectivity index (χ4n) is 3.81. The highest BCUT2D eigenvalue weighted by Crippen LogP contribution is 2.34. The number of benzene rings is 1. The minimum atomic E-state index is -0.104. The number of nitrogens with one attached hydrogen (secondary N) is 2. The fourth-order valence-corrected chi connectivity index (χ4v) is 5.09. The van der Waals surface area contributed by atoms with E-state index in [2.05, 4.69) is 15.3 Å². The van der Waals surface area contributed by atoms with E-state index in [1.54, 1.807) is 11.3 Å². The maximum atomic E-state index is 12.5. The summed E-state index contributed by atoms with van der Waals surface area (Å²) in [5, 5.41) is 3.75. The van der Waals surface area contributed by atoms with E-state index in [1.165, 1.54) is 10.4 Å². The summed E-state index contributed by atoms with van der Waals surface area (Å²) in [6.45, 7) is 4.52. The Morgan fingerprint density at radius 3 is 2.86 bits per heavy atom. The molecule has 0 saturated heterocycles. The maximum absolute atomic E-state index is 12.5. The van der Waals surface area contributed by atoms with E-state index in [-0.39, 0.29) is 23.9 Å². The van der Waals surface area contributed by atoms with Gasteiger partial charge in [-0.3, -0.25) is 9.59 Å². The van der Waals surface area contributed by atoms with Crippen molar-refractivity contribution in [3.05, 3.63) is 56.4 Å². The van der Waals surface area contributed by atoms with Crippen LogP contribution in [0, 0.1) is 0 Å². The number of aromatic nitrogens is 2. The van der Waals surface area contributed by atoms with Gasteiger partial charge in [-0.2, -0.15) is 0 Å². The summed E-state index contributed by atoms with van der Waals surface area (Å²) < 4.78 is 5.45. The third-order valence-corrected chi connectivity index (χ3v) is 6.47. The molecule has 6 nitrogen and oxygen atoms in total. The molecule has 0 fully saturated rings. The van der Waals surface area contributed by atoms with Crippen LogP contribution in [-0.2, 0) is 24.1 Å². The summed E-state index contributed by atoms with van der Waals surface area (Å²) in [6, 6.07) is 7.62. The van der Waals surface area contributed by atoms with E-state index in [0.717, 1.165) is 40.8 Å². The van der Waals surface area contributed by atoms with Crippen molar-refractivity contribution in [1.82, 2.24) is 15.3 Å². The average molecular weight is 412 g/mol. The van der Waals surface area contributed by atoms with E-state index in [0.29, 0.717) is 18.9 Å². The Bertz CT molecular complexity index is 1090. The van der Waals surface area contributed by atoms with Crippen LogP contribution in [-0.4, -0.2) is 22.5 Å². The van der Waals surface area contributed by atoms with Gasteiger partial charge in [-0.15, -0.1) is 11.3 Å². The fraction of sp³-hybridized carbons (Fsp3) is 0.409. The summed E-state index contributed by atoms with van der Waals surface area (Å²) in [4.78, 5) is 34.4. The molecule has 4 rings (SSSR count). The van der Waals surface area contributed by atoms with Gasteiger partial charge in [-0.05, 0) is 56.4 Å². The van der Waals surface area contributed by atoms with E-state index in [9.17, 15) is 9.59 Å². The van der Waals surface area contributed by atoms with Gasteiger partial charge >= 0.3 is 0 Å². The van der Waals surface area contributed by atoms with Gasteiger partial charge in [-0.1, -0.05) is 12.1 Å². The largest absolute Gasteiger partial charge is 0.494 e. The van der Waals surface area contributed by atoms with Crippen LogP contribution in [0.5, 0.6) is 5.75 Å². The lowest BCUT2D eigenvalue weighted by molar-refractivity contribution is -0.121. The SMILES string of the molecule is CCOc1ccc([C@@H](C)NC(=O)CCc2nc3sc4c(c3c(=O)[nH]2)CCC4)cc1. The molecule has 1 aliphatic carbocycles. The Morgan fingerprint density at radius 1 is 1.31 bits per heavy atom. The molecule has 1 atom stereocenters. The molecule has 0 bridgehead atoms. The molecule has 0 aliphatic heterocycles. The number of nitrogens with zero attached hydrogens (tertiary/aromatic N) is 1. The number of H-pyrrole nitrogens is 1. The lowest BCUT2D eigenvalue weighted by Crippen LogP contribution is -2.27. The first-order chi connectivity index (χ1) is 14.0. The molecule has 1 aromatic carbocycles. The van der Waals surface area contributed by atoms with Gasteiger partial charge in [0.05, 0.1) is 18.0 Å². The van der Waals surface area contributed by atoms with E-state index >= 15 is 0 Å². The number of fused-ring (bicyclic) bond motifs is 3. The average Bonchev–Trinajstić information content (AvgIpc) is 3.28. The molecular formula is C22H25N3O3S. The van der Waals surface area contributed by atoms with E-state index in [1.807, 2.05) is 38.1 Å². The zero-order chi connectivity index (χ0) is 20.4. The molecule has 2 N–H and O–H groups in total. The van der Waals surface area contributed by atoms with Crippen LogP contribution < -0.4 is 15.6 Å². The maximum Gasteiger partial charge on any atom is 0.259 e. The first-order valence-corrected chi connectivity index (χ1v) is 10.9. The Kier molecular flexibility index (Phi) is 5.67. The quantitative estimate of drug-likeness (QED) is 0.621. The number of hydrogen-bond acceptors (Lipinski definition) is 5. The number of ether oxygens (including phenoxy) is 1. The lowest BCUT2D eigenvalue weighted by atomic mass is 10.1. The molecular weight excluding hydrogens is 386 g/mol. The predicted molar refractivity (Wildman–Crippen MR) is 115 cm³/mol. The van der Waals surface area contributed by atoms with Crippen LogP contribution in [0.15, 0.2) is 29.1 Å². The van der Waals surface area contributed by atoms with Crippen LogP contribution >= 0.6 is 11.3 Å². The van der Waals surface area contributed by atoms with Crippen molar-refractivity contribution in [2.75, 3.05) is 6.61 Å². The zero-order valence-corrected chi connectivity index (χ0v) is 17.5. The van der Waals surface area contributed by atoms with Gasteiger partial charge in [0.2, 0.25) is 5.91 Å². The highest BCUT2D eigenvalue weighted by molar-refractivity contribution is 7.18. The van der Waals surface area contributed by atoms with E-state index < -0.39 is 0 Å². The molecule has 0 spiro atoms.